The number of aromatic nitrogens is 1. The molecule has 102 valence electrons. The number of aromatic amines is 1. The molecule has 2 nitrogen and oxygen atoms in total. The van der Waals surface area contributed by atoms with E-state index in [1.165, 1.54) is 27.4 Å². The topological polar surface area (TPSA) is 27.8 Å². The highest BCUT2D eigenvalue weighted by atomic mass is 14.9. The average Bonchev–Trinajstić information content (AvgIpc) is 2.93. The van der Waals surface area contributed by atoms with Crippen molar-refractivity contribution in [3.8, 4) is 0 Å². The minimum absolute atomic E-state index is 0.829. The molecule has 0 radical (unpaired) electrons. The van der Waals surface area contributed by atoms with Crippen molar-refractivity contribution in [3.63, 3.8) is 0 Å². The van der Waals surface area contributed by atoms with Crippen LogP contribution in [0.25, 0.3) is 21.8 Å². The second-order valence-electron chi connectivity index (χ2n) is 5.24. The smallest absolute Gasteiger partial charge is 0.0700 e. The normalized spacial score (nSPS) is 11.0. The molecule has 0 unspecified atom stereocenters. The molecule has 0 saturated carbocycles. The second-order valence-corrected chi connectivity index (χ2v) is 5.24. The van der Waals surface area contributed by atoms with Crippen LogP contribution in [0.3, 0.4) is 0 Å². The maximum Gasteiger partial charge on any atom is 0.0700 e. The van der Waals surface area contributed by atoms with E-state index < -0.39 is 0 Å². The van der Waals surface area contributed by atoms with Gasteiger partial charge in [-0.25, -0.2) is 0 Å². The summed E-state index contributed by atoms with van der Waals surface area (Å²) in [7, 11) is 0. The van der Waals surface area contributed by atoms with E-state index in [-0.39, 0.29) is 0 Å². The van der Waals surface area contributed by atoms with Crippen LogP contribution in [0.1, 0.15) is 5.56 Å². The summed E-state index contributed by atoms with van der Waals surface area (Å²) in [6.45, 7) is 0.829. The number of benzene rings is 3. The number of para-hydroxylation sites is 2. The van der Waals surface area contributed by atoms with Crippen LogP contribution >= 0.6 is 0 Å². The Morgan fingerprint density at radius 2 is 1.48 bits per heavy atom. The summed E-state index contributed by atoms with van der Waals surface area (Å²) in [4.78, 5) is 3.52. The van der Waals surface area contributed by atoms with Crippen LogP contribution in [0.2, 0.25) is 0 Å². The third-order valence-electron chi connectivity index (χ3n) is 3.87. The highest BCUT2D eigenvalue weighted by Crippen LogP contribution is 2.30. The number of nitrogens with one attached hydrogen (secondary N) is 2. The molecular formula is C19H16N2. The summed E-state index contributed by atoms with van der Waals surface area (Å²) < 4.78 is 0. The maximum absolute atomic E-state index is 3.53. The first-order valence-electron chi connectivity index (χ1n) is 7.19. The van der Waals surface area contributed by atoms with Crippen molar-refractivity contribution in [1.82, 2.24) is 4.98 Å². The first kappa shape index (κ1) is 12.0. The number of H-pyrrole nitrogens is 1. The summed E-state index contributed by atoms with van der Waals surface area (Å²) >= 11 is 0. The summed E-state index contributed by atoms with van der Waals surface area (Å²) in [6.07, 6.45) is 0. The fourth-order valence-corrected chi connectivity index (χ4v) is 2.81. The van der Waals surface area contributed by atoms with Crippen LogP contribution < -0.4 is 5.32 Å². The molecule has 4 aromatic rings. The zero-order chi connectivity index (χ0) is 14.1. The van der Waals surface area contributed by atoms with E-state index in [0.717, 1.165) is 12.2 Å². The highest BCUT2D eigenvalue weighted by molar-refractivity contribution is 6.11. The molecule has 2 heteroatoms. The van der Waals surface area contributed by atoms with Gasteiger partial charge in [0.1, 0.15) is 0 Å². The van der Waals surface area contributed by atoms with Crippen molar-refractivity contribution in [3.05, 3.63) is 78.4 Å². The quantitative estimate of drug-likeness (QED) is 0.543. The Balaban J connectivity index is 1.75. The maximum atomic E-state index is 3.53. The van der Waals surface area contributed by atoms with Crippen LogP contribution in [0, 0.1) is 0 Å². The zero-order valence-corrected chi connectivity index (χ0v) is 11.6. The standard InChI is InChI=1S/C19H16N2/c1-2-7-14(8-3-1)13-20-18-12-6-10-16-15-9-4-5-11-17(15)21-19(16)18/h1-12,20-21H,13H2. The lowest BCUT2D eigenvalue weighted by Gasteiger charge is -2.07. The average molecular weight is 272 g/mol. The van der Waals surface area contributed by atoms with E-state index in [9.17, 15) is 0 Å². The van der Waals surface area contributed by atoms with Gasteiger partial charge in [-0.05, 0) is 17.7 Å². The first-order valence-corrected chi connectivity index (χ1v) is 7.19. The van der Waals surface area contributed by atoms with Gasteiger partial charge in [0, 0.05) is 22.8 Å². The summed E-state index contributed by atoms with van der Waals surface area (Å²) in [6, 6.07) is 25.3. The van der Waals surface area contributed by atoms with Gasteiger partial charge in [-0.1, -0.05) is 60.7 Å². The lowest BCUT2D eigenvalue weighted by Crippen LogP contribution is -1.99. The van der Waals surface area contributed by atoms with Crippen molar-refractivity contribution < 1.29 is 0 Å². The molecule has 2 N–H and O–H groups in total. The predicted octanol–water partition coefficient (Wildman–Crippen LogP) is 4.93. The minimum Gasteiger partial charge on any atom is -0.379 e. The Morgan fingerprint density at radius 3 is 2.38 bits per heavy atom. The van der Waals surface area contributed by atoms with Crippen molar-refractivity contribution in [2.45, 2.75) is 6.54 Å². The monoisotopic (exact) mass is 272 g/mol. The minimum atomic E-state index is 0.829. The molecule has 1 aromatic heterocycles. The lowest BCUT2D eigenvalue weighted by molar-refractivity contribution is 1.15. The molecule has 0 amide bonds. The van der Waals surface area contributed by atoms with Gasteiger partial charge in [-0.3, -0.25) is 0 Å². The highest BCUT2D eigenvalue weighted by Gasteiger charge is 2.06. The molecule has 0 fully saturated rings. The van der Waals surface area contributed by atoms with Gasteiger partial charge >= 0.3 is 0 Å². The number of hydrogen-bond donors (Lipinski definition) is 2. The van der Waals surface area contributed by atoms with Crippen LogP contribution in [0.15, 0.2) is 72.8 Å². The van der Waals surface area contributed by atoms with Crippen molar-refractivity contribution in [2.75, 3.05) is 5.32 Å². The van der Waals surface area contributed by atoms with E-state index in [4.69, 9.17) is 0 Å². The molecule has 4 rings (SSSR count). The molecule has 1 heterocycles. The first-order chi connectivity index (χ1) is 10.4. The van der Waals surface area contributed by atoms with Gasteiger partial charge in [0.15, 0.2) is 0 Å². The molecule has 3 aromatic carbocycles. The fourth-order valence-electron chi connectivity index (χ4n) is 2.81. The largest absolute Gasteiger partial charge is 0.379 e. The third-order valence-corrected chi connectivity index (χ3v) is 3.87. The van der Waals surface area contributed by atoms with Gasteiger partial charge in [-0.15, -0.1) is 0 Å². The molecule has 0 spiro atoms. The van der Waals surface area contributed by atoms with E-state index in [0.29, 0.717) is 0 Å². The van der Waals surface area contributed by atoms with Crippen LogP contribution in [-0.2, 0) is 6.54 Å². The van der Waals surface area contributed by atoms with Gasteiger partial charge in [0.05, 0.1) is 11.2 Å². The fraction of sp³-hybridized carbons (Fsp3) is 0.0526. The Labute approximate surface area is 123 Å². The Hall–Kier alpha value is -2.74. The number of rotatable bonds is 3. The Bertz CT molecular complexity index is 891. The molecule has 0 aliphatic rings. The number of anilines is 1. The van der Waals surface area contributed by atoms with Gasteiger partial charge in [0.25, 0.3) is 0 Å². The van der Waals surface area contributed by atoms with E-state index in [1.807, 2.05) is 6.07 Å². The zero-order valence-electron chi connectivity index (χ0n) is 11.6. The van der Waals surface area contributed by atoms with Crippen LogP contribution in [0.4, 0.5) is 5.69 Å². The van der Waals surface area contributed by atoms with E-state index in [1.54, 1.807) is 0 Å². The van der Waals surface area contributed by atoms with E-state index >= 15 is 0 Å². The lowest BCUT2D eigenvalue weighted by atomic mass is 10.1. The summed E-state index contributed by atoms with van der Waals surface area (Å²) in [5, 5.41) is 6.07. The van der Waals surface area contributed by atoms with Crippen molar-refractivity contribution >= 4 is 27.5 Å². The molecule has 21 heavy (non-hydrogen) atoms. The number of fused-ring (bicyclic) bond motifs is 3. The Kier molecular flexibility index (Phi) is 2.86. The molecule has 0 saturated heterocycles. The van der Waals surface area contributed by atoms with Gasteiger partial charge in [-0.2, -0.15) is 0 Å². The number of hydrogen-bond acceptors (Lipinski definition) is 1. The third kappa shape index (κ3) is 2.15. The van der Waals surface area contributed by atoms with Crippen LogP contribution in [0.5, 0.6) is 0 Å². The summed E-state index contributed by atoms with van der Waals surface area (Å²) in [5.41, 5.74) is 4.79. The molecule has 0 bridgehead atoms. The summed E-state index contributed by atoms with van der Waals surface area (Å²) in [5.74, 6) is 0. The van der Waals surface area contributed by atoms with Crippen molar-refractivity contribution in [2.24, 2.45) is 0 Å². The SMILES string of the molecule is c1ccc(CNc2cccc3c2[nH]c2ccccc23)cc1. The van der Waals surface area contributed by atoms with Gasteiger partial charge in [0.2, 0.25) is 0 Å². The van der Waals surface area contributed by atoms with Crippen molar-refractivity contribution in [1.29, 1.82) is 0 Å². The van der Waals surface area contributed by atoms with Crippen LogP contribution in [-0.4, -0.2) is 4.98 Å². The Morgan fingerprint density at radius 1 is 0.714 bits per heavy atom. The molecule has 0 aliphatic heterocycles. The van der Waals surface area contributed by atoms with Gasteiger partial charge < -0.3 is 10.3 Å². The van der Waals surface area contributed by atoms with E-state index in [2.05, 4.69) is 77.0 Å². The predicted molar refractivity (Wildman–Crippen MR) is 89.6 cm³/mol. The second kappa shape index (κ2) is 4.98. The molecule has 0 aliphatic carbocycles. The molecular weight excluding hydrogens is 256 g/mol. The molecule has 0 atom stereocenters.